The molecule has 2 heteroatoms. The average Bonchev–Trinajstić information content (AvgIpc) is 3.29. The molecule has 0 heterocycles. The molecule has 0 aliphatic rings. The molecule has 0 N–H and O–H groups in total. The molecule has 0 bridgehead atoms. The molecule has 0 spiro atoms. The third-order valence-corrected chi connectivity index (χ3v) is 12.4. The van der Waals surface area contributed by atoms with Crippen molar-refractivity contribution < 1.29 is 0 Å². The Labute approximate surface area is 366 Å². The van der Waals surface area contributed by atoms with Gasteiger partial charge in [-0.1, -0.05) is 205 Å². The second-order valence-electron chi connectivity index (χ2n) is 18.6. The van der Waals surface area contributed by atoms with Crippen LogP contribution in [0.3, 0.4) is 0 Å². The zero-order valence-corrected chi connectivity index (χ0v) is 36.5. The number of rotatable bonds is 8. The fourth-order valence-electron chi connectivity index (χ4n) is 9.46. The summed E-state index contributed by atoms with van der Waals surface area (Å²) in [6.45, 7) is 14.0. The summed E-state index contributed by atoms with van der Waals surface area (Å²) < 4.78 is 0. The minimum atomic E-state index is -0.153. The van der Waals surface area contributed by atoms with Crippen LogP contribution in [-0.2, 0) is 10.8 Å². The summed E-state index contributed by atoms with van der Waals surface area (Å²) in [6.07, 6.45) is 0. The van der Waals surface area contributed by atoms with Gasteiger partial charge in [0.25, 0.3) is 0 Å². The summed E-state index contributed by atoms with van der Waals surface area (Å²) >= 11 is 0. The minimum Gasteiger partial charge on any atom is -0.309 e. The summed E-state index contributed by atoms with van der Waals surface area (Å²) in [7, 11) is 0. The van der Waals surface area contributed by atoms with Gasteiger partial charge in [-0.15, -0.1) is 0 Å². The Morgan fingerprint density at radius 1 is 0.290 bits per heavy atom. The number of anilines is 6. The first-order chi connectivity index (χ1) is 30.0. The monoisotopic (exact) mass is 800 g/mol. The minimum absolute atomic E-state index is 0.153. The highest BCUT2D eigenvalue weighted by Crippen LogP contribution is 2.53. The third kappa shape index (κ3) is 6.96. The number of hydrogen-bond acceptors (Lipinski definition) is 2. The lowest BCUT2D eigenvalue weighted by Gasteiger charge is -2.36. The molecule has 62 heavy (non-hydrogen) atoms. The molecule has 2 nitrogen and oxygen atoms in total. The van der Waals surface area contributed by atoms with E-state index < -0.39 is 0 Å². The largest absolute Gasteiger partial charge is 0.309 e. The fourth-order valence-corrected chi connectivity index (χ4v) is 9.46. The summed E-state index contributed by atoms with van der Waals surface area (Å²) in [5.74, 6) is 0. The van der Waals surface area contributed by atoms with Crippen LogP contribution in [0, 0.1) is 0 Å². The van der Waals surface area contributed by atoms with E-state index in [9.17, 15) is 0 Å². The van der Waals surface area contributed by atoms with Crippen molar-refractivity contribution in [2.75, 3.05) is 9.80 Å². The summed E-state index contributed by atoms with van der Waals surface area (Å²) in [5, 5.41) is 7.46. The van der Waals surface area contributed by atoms with E-state index in [-0.39, 0.29) is 10.8 Å². The number of benzene rings is 10. The van der Waals surface area contributed by atoms with E-state index >= 15 is 0 Å². The molecule has 0 radical (unpaired) electrons. The topological polar surface area (TPSA) is 6.48 Å². The van der Waals surface area contributed by atoms with Gasteiger partial charge < -0.3 is 9.80 Å². The molecular formula is C60H52N2. The van der Waals surface area contributed by atoms with Gasteiger partial charge in [-0.3, -0.25) is 0 Å². The summed E-state index contributed by atoms with van der Waals surface area (Å²) in [6, 6.07) is 76.2. The quantitative estimate of drug-likeness (QED) is 0.141. The first-order valence-electron chi connectivity index (χ1n) is 21.9. The molecule has 0 aliphatic carbocycles. The highest BCUT2D eigenvalue weighted by atomic mass is 15.2. The van der Waals surface area contributed by atoms with Crippen LogP contribution < -0.4 is 9.80 Å². The molecule has 302 valence electrons. The van der Waals surface area contributed by atoms with Crippen LogP contribution in [0.2, 0.25) is 0 Å². The van der Waals surface area contributed by atoms with E-state index in [2.05, 4.69) is 258 Å². The lowest BCUT2D eigenvalue weighted by Crippen LogP contribution is -2.21. The molecule has 0 aromatic heterocycles. The van der Waals surface area contributed by atoms with Crippen LogP contribution in [0.25, 0.3) is 54.6 Å². The SMILES string of the molecule is CC(C)(C)c1ccc(-c2ccccc2)cc1N(c1ccccc1)c1cc(N(c2ccccc2)c2cc(-c3ccccc3)ccc2C(C)(C)C)c2ccc3cccc4ccc1c2c43. The first-order valence-corrected chi connectivity index (χ1v) is 21.9. The third-order valence-electron chi connectivity index (χ3n) is 12.4. The van der Waals surface area contributed by atoms with E-state index in [0.29, 0.717) is 0 Å². The highest BCUT2D eigenvalue weighted by molar-refractivity contribution is 6.29. The Hall–Kier alpha value is -7.16. The Bertz CT molecular complexity index is 2970. The number of hydrogen-bond donors (Lipinski definition) is 0. The Kier molecular flexibility index (Phi) is 9.68. The fraction of sp³-hybridized carbons (Fsp3) is 0.133. The van der Waals surface area contributed by atoms with Crippen LogP contribution in [0.4, 0.5) is 34.1 Å². The highest BCUT2D eigenvalue weighted by Gasteiger charge is 2.30. The van der Waals surface area contributed by atoms with Gasteiger partial charge in [0.15, 0.2) is 0 Å². The van der Waals surface area contributed by atoms with Gasteiger partial charge in [0, 0.05) is 27.5 Å². The van der Waals surface area contributed by atoms with E-state index in [1.807, 2.05) is 0 Å². The molecule has 0 saturated heterocycles. The van der Waals surface area contributed by atoms with Gasteiger partial charge in [0.1, 0.15) is 0 Å². The second-order valence-corrected chi connectivity index (χ2v) is 18.6. The van der Waals surface area contributed by atoms with Crippen LogP contribution in [0.15, 0.2) is 206 Å². The van der Waals surface area contributed by atoms with Gasteiger partial charge >= 0.3 is 0 Å². The maximum absolute atomic E-state index is 2.54. The standard InChI is InChI=1S/C60H52N2/c1-59(2,3)51-36-32-45(41-20-11-7-12-21-41)38-55(51)61(47-26-15-9-16-27-47)53-40-54(50-35-31-44-25-19-24-43-30-34-49(53)58(50)57(43)44)62(48-28-17-10-18-29-48)56-39-46(42-22-13-8-14-23-42)33-37-52(56)60(4,5)6/h7-40H,1-6H3. The van der Waals surface area contributed by atoms with Gasteiger partial charge in [-0.2, -0.15) is 0 Å². The van der Waals surface area contributed by atoms with Crippen molar-refractivity contribution in [2.45, 2.75) is 52.4 Å². The predicted molar refractivity (Wildman–Crippen MR) is 268 cm³/mol. The molecule has 10 aromatic carbocycles. The van der Waals surface area contributed by atoms with Crippen molar-refractivity contribution in [2.24, 2.45) is 0 Å². The maximum atomic E-state index is 2.54. The molecule has 0 amide bonds. The van der Waals surface area contributed by atoms with Crippen molar-refractivity contribution in [3.63, 3.8) is 0 Å². The smallest absolute Gasteiger partial charge is 0.0561 e. The van der Waals surface area contributed by atoms with Crippen LogP contribution >= 0.6 is 0 Å². The second kappa shape index (κ2) is 15.4. The van der Waals surface area contributed by atoms with Crippen molar-refractivity contribution in [3.05, 3.63) is 217 Å². The van der Waals surface area contributed by atoms with Gasteiger partial charge in [0.2, 0.25) is 0 Å². The molecule has 0 unspecified atom stereocenters. The zero-order chi connectivity index (χ0) is 42.6. The average molecular weight is 801 g/mol. The van der Waals surface area contributed by atoms with Gasteiger partial charge in [-0.25, -0.2) is 0 Å². The van der Waals surface area contributed by atoms with Crippen molar-refractivity contribution in [3.8, 4) is 22.3 Å². The van der Waals surface area contributed by atoms with Crippen molar-refractivity contribution in [1.82, 2.24) is 0 Å². The number of para-hydroxylation sites is 2. The van der Waals surface area contributed by atoms with Crippen LogP contribution in [-0.4, -0.2) is 0 Å². The Balaban J connectivity index is 1.37. The number of nitrogens with zero attached hydrogens (tertiary/aromatic N) is 2. The first kappa shape index (κ1) is 39.0. The Morgan fingerprint density at radius 3 is 1.06 bits per heavy atom. The zero-order valence-electron chi connectivity index (χ0n) is 36.5. The van der Waals surface area contributed by atoms with Crippen LogP contribution in [0.5, 0.6) is 0 Å². The molecular weight excluding hydrogens is 749 g/mol. The maximum Gasteiger partial charge on any atom is 0.0561 e. The van der Waals surface area contributed by atoms with E-state index in [0.717, 1.165) is 22.7 Å². The molecule has 10 rings (SSSR count). The predicted octanol–water partition coefficient (Wildman–Crippen LogP) is 17.5. The summed E-state index contributed by atoms with van der Waals surface area (Å²) in [5.41, 5.74) is 13.8. The van der Waals surface area contributed by atoms with Gasteiger partial charge in [0.05, 0.1) is 22.7 Å². The van der Waals surface area contributed by atoms with Crippen molar-refractivity contribution in [1.29, 1.82) is 0 Å². The molecule has 0 saturated carbocycles. The molecule has 0 fully saturated rings. The van der Waals surface area contributed by atoms with Crippen molar-refractivity contribution >= 4 is 66.4 Å². The lowest BCUT2D eigenvalue weighted by molar-refractivity contribution is 0.591. The van der Waals surface area contributed by atoms with E-state index in [4.69, 9.17) is 0 Å². The molecule has 0 atom stereocenters. The Morgan fingerprint density at radius 2 is 0.677 bits per heavy atom. The summed E-state index contributed by atoms with van der Waals surface area (Å²) in [4.78, 5) is 5.08. The normalized spacial score (nSPS) is 12.0. The lowest BCUT2D eigenvalue weighted by atomic mass is 9.83. The van der Waals surface area contributed by atoms with E-state index in [1.54, 1.807) is 0 Å². The molecule has 0 aliphatic heterocycles. The molecule has 10 aromatic rings. The van der Waals surface area contributed by atoms with E-state index in [1.165, 1.54) is 77.1 Å². The van der Waals surface area contributed by atoms with Gasteiger partial charge in [-0.05, 0) is 103 Å². The van der Waals surface area contributed by atoms with Crippen LogP contribution in [0.1, 0.15) is 52.7 Å².